The predicted molar refractivity (Wildman–Crippen MR) is 188 cm³/mol. The second-order valence-electron chi connectivity index (χ2n) is 12.1. The van der Waals surface area contributed by atoms with Crippen molar-refractivity contribution in [1.82, 2.24) is 0 Å². The summed E-state index contributed by atoms with van der Waals surface area (Å²) in [4.78, 5) is 0. The van der Waals surface area contributed by atoms with Gasteiger partial charge in [-0.05, 0) is 49.9 Å². The van der Waals surface area contributed by atoms with Gasteiger partial charge in [-0.15, -0.1) is 0 Å². The second kappa shape index (κ2) is 11.8. The van der Waals surface area contributed by atoms with Crippen molar-refractivity contribution in [2.45, 2.75) is 26.7 Å². The highest BCUT2D eigenvalue weighted by Crippen LogP contribution is 2.44. The van der Waals surface area contributed by atoms with E-state index >= 15 is 0 Å². The molecule has 0 bridgehead atoms. The lowest BCUT2D eigenvalue weighted by Gasteiger charge is -2.18. The molecule has 0 unspecified atom stereocenters. The summed E-state index contributed by atoms with van der Waals surface area (Å²) >= 11 is 0. The highest BCUT2D eigenvalue weighted by molar-refractivity contribution is 6.06. The lowest BCUT2D eigenvalue weighted by Crippen LogP contribution is -2.17. The Hall–Kier alpha value is -6.28. The van der Waals surface area contributed by atoms with Crippen molar-refractivity contribution >= 4 is 46.9 Å². The molecular formula is C40H34O8. The van der Waals surface area contributed by atoms with Crippen LogP contribution >= 0.6 is 0 Å². The molecule has 0 spiro atoms. The van der Waals surface area contributed by atoms with Gasteiger partial charge in [-0.2, -0.15) is 0 Å². The number of phenols is 8. The second-order valence-corrected chi connectivity index (χ2v) is 12.1. The molecule has 6 rings (SSSR count). The maximum Gasteiger partial charge on any atom is 0.165 e. The first-order chi connectivity index (χ1) is 22.8. The molecule has 0 atom stereocenters. The molecule has 0 saturated carbocycles. The number of fused-ring (bicyclic) bond motifs is 2. The number of phenolic OH excluding ortho intramolecular Hbond substituents is 8. The average Bonchev–Trinajstić information content (AvgIpc) is 3.06. The van der Waals surface area contributed by atoms with Gasteiger partial charge in [0.25, 0.3) is 0 Å². The van der Waals surface area contributed by atoms with Crippen LogP contribution in [0, 0.1) is 13.8 Å². The Morgan fingerprint density at radius 3 is 1.15 bits per heavy atom. The van der Waals surface area contributed by atoms with Crippen molar-refractivity contribution in [3.8, 4) is 57.1 Å². The van der Waals surface area contributed by atoms with Crippen LogP contribution in [0.4, 0.5) is 0 Å². The van der Waals surface area contributed by atoms with Crippen LogP contribution in [0.1, 0.15) is 22.3 Å². The largest absolute Gasteiger partial charge is 0.507 e. The molecule has 0 saturated heterocycles. The van der Waals surface area contributed by atoms with Gasteiger partial charge in [-0.1, -0.05) is 85.0 Å². The van der Waals surface area contributed by atoms with Crippen LogP contribution in [-0.2, 0) is 12.8 Å². The number of benzene rings is 6. The molecular weight excluding hydrogens is 608 g/mol. The Bertz CT molecular complexity index is 2340. The topological polar surface area (TPSA) is 162 Å². The van der Waals surface area contributed by atoms with Crippen LogP contribution in [0.2, 0.25) is 0 Å². The van der Waals surface area contributed by atoms with E-state index in [9.17, 15) is 40.9 Å². The first kappa shape index (κ1) is 31.7. The van der Waals surface area contributed by atoms with Gasteiger partial charge < -0.3 is 40.9 Å². The Morgan fingerprint density at radius 1 is 0.479 bits per heavy atom. The van der Waals surface area contributed by atoms with Crippen LogP contribution < -0.4 is 20.9 Å². The molecule has 0 aliphatic rings. The van der Waals surface area contributed by atoms with Crippen molar-refractivity contribution < 1.29 is 40.9 Å². The van der Waals surface area contributed by atoms with Crippen LogP contribution in [0.3, 0.4) is 0 Å². The van der Waals surface area contributed by atoms with Crippen molar-refractivity contribution in [1.29, 1.82) is 0 Å². The Labute approximate surface area is 274 Å². The van der Waals surface area contributed by atoms with Crippen LogP contribution in [0.25, 0.3) is 58.0 Å². The van der Waals surface area contributed by atoms with Crippen LogP contribution in [0.15, 0.2) is 60.7 Å². The van der Waals surface area contributed by atoms with E-state index in [1.807, 2.05) is 62.4 Å². The minimum atomic E-state index is -0.565. The first-order valence-electron chi connectivity index (χ1n) is 15.1. The highest BCUT2D eigenvalue weighted by atomic mass is 16.3. The van der Waals surface area contributed by atoms with E-state index in [0.717, 1.165) is 34.4 Å². The summed E-state index contributed by atoms with van der Waals surface area (Å²) in [5.41, 5.74) is 3.53. The third-order valence-corrected chi connectivity index (χ3v) is 8.84. The van der Waals surface area contributed by atoms with Crippen LogP contribution in [0.5, 0.6) is 46.0 Å². The summed E-state index contributed by atoms with van der Waals surface area (Å²) in [6.07, 6.45) is 3.86. The van der Waals surface area contributed by atoms with Crippen molar-refractivity contribution in [3.63, 3.8) is 0 Å². The molecule has 242 valence electrons. The molecule has 8 N–H and O–H groups in total. The number of rotatable bonds is 5. The maximum atomic E-state index is 11.7. The van der Waals surface area contributed by atoms with E-state index in [2.05, 4.69) is 13.2 Å². The Morgan fingerprint density at radius 2 is 0.812 bits per heavy atom. The first-order valence-corrected chi connectivity index (χ1v) is 15.1. The maximum absolute atomic E-state index is 11.7. The van der Waals surface area contributed by atoms with Gasteiger partial charge >= 0.3 is 0 Å². The van der Waals surface area contributed by atoms with Gasteiger partial charge in [0.05, 0.1) is 0 Å². The van der Waals surface area contributed by atoms with E-state index in [0.29, 0.717) is 12.8 Å². The van der Waals surface area contributed by atoms with Gasteiger partial charge in [-0.3, -0.25) is 0 Å². The lowest BCUT2D eigenvalue weighted by atomic mass is 9.90. The molecule has 0 heterocycles. The fourth-order valence-electron chi connectivity index (χ4n) is 6.16. The quantitative estimate of drug-likeness (QED) is 0.0984. The molecule has 0 radical (unpaired) electrons. The molecule has 0 aliphatic heterocycles. The summed E-state index contributed by atoms with van der Waals surface area (Å²) in [5.74, 6) is -4.11. The monoisotopic (exact) mass is 642 g/mol. The molecule has 0 aliphatic carbocycles. The van der Waals surface area contributed by atoms with Crippen LogP contribution in [-0.4, -0.2) is 40.9 Å². The highest BCUT2D eigenvalue weighted by Gasteiger charge is 2.25. The third-order valence-electron chi connectivity index (χ3n) is 8.84. The van der Waals surface area contributed by atoms with Gasteiger partial charge in [0.15, 0.2) is 23.0 Å². The van der Waals surface area contributed by atoms with Gasteiger partial charge in [-0.25, -0.2) is 0 Å². The minimum Gasteiger partial charge on any atom is -0.507 e. The average molecular weight is 643 g/mol. The summed E-state index contributed by atoms with van der Waals surface area (Å²) < 4.78 is 0. The van der Waals surface area contributed by atoms with Gasteiger partial charge in [0, 0.05) is 53.5 Å². The van der Waals surface area contributed by atoms with E-state index in [4.69, 9.17) is 0 Å². The number of hydrogen-bond acceptors (Lipinski definition) is 8. The summed E-state index contributed by atoms with van der Waals surface area (Å²) in [7, 11) is 0. The summed E-state index contributed by atoms with van der Waals surface area (Å²) in [5, 5.41) is 89.1. The molecule has 0 aromatic heterocycles. The molecule has 0 fully saturated rings. The van der Waals surface area contributed by atoms with E-state index in [-0.39, 0.29) is 53.5 Å². The number of hydrogen-bond donors (Lipinski definition) is 8. The molecule has 8 heteroatoms. The standard InChI is InChI=1S/C40H34O8/c1-19-5-9-23(10-6-19)13-15-25-33-27(17-29(41)37(25)45)39(47)31(21(3)35(33)43)32-22(4)36(44)34-26(16-14-24-11-7-20(2)8-12-24)38(46)30(42)18-28(34)40(32)48/h5-12,15-18,41-48H,3-4,13-14H2,1-2H3/b25-15-,26-16-. The van der Waals surface area contributed by atoms with Crippen molar-refractivity contribution in [2.75, 3.05) is 0 Å². The van der Waals surface area contributed by atoms with Crippen molar-refractivity contribution in [3.05, 3.63) is 104 Å². The lowest BCUT2D eigenvalue weighted by molar-refractivity contribution is 0.401. The Kier molecular flexibility index (Phi) is 7.80. The predicted octanol–water partition coefficient (Wildman–Crippen LogP) is 4.79. The minimum absolute atomic E-state index is 0.00864. The zero-order valence-electron chi connectivity index (χ0n) is 26.3. The zero-order chi connectivity index (χ0) is 34.6. The zero-order valence-corrected chi connectivity index (χ0v) is 26.3. The molecule has 6 aromatic carbocycles. The molecule has 48 heavy (non-hydrogen) atoms. The number of aromatic hydroxyl groups is 8. The smallest absolute Gasteiger partial charge is 0.165 e. The molecule has 8 nitrogen and oxygen atoms in total. The third kappa shape index (κ3) is 5.13. The summed E-state index contributed by atoms with van der Waals surface area (Å²) in [6, 6.07) is 17.5. The molecule has 6 aromatic rings. The van der Waals surface area contributed by atoms with Crippen molar-refractivity contribution in [2.24, 2.45) is 0 Å². The van der Waals surface area contributed by atoms with E-state index in [1.165, 1.54) is 0 Å². The van der Waals surface area contributed by atoms with Gasteiger partial charge in [0.2, 0.25) is 0 Å². The summed E-state index contributed by atoms with van der Waals surface area (Å²) in [6.45, 7) is 11.8. The normalized spacial score (nSPS) is 12.4. The Balaban J connectivity index is 1.63. The van der Waals surface area contributed by atoms with E-state index < -0.39 is 46.0 Å². The fourth-order valence-corrected chi connectivity index (χ4v) is 6.16. The number of aryl methyl sites for hydroxylation is 2. The van der Waals surface area contributed by atoms with Gasteiger partial charge in [0.1, 0.15) is 23.0 Å². The molecule has 0 amide bonds. The van der Waals surface area contributed by atoms with E-state index in [1.54, 1.807) is 12.2 Å². The fraction of sp³-hybridized carbons (Fsp3) is 0.100. The SMILES string of the molecule is C=c1c(-c2c(O)c3cc(O)c(O)/c(=C\Cc4ccc(C)cc4)c3c(O)c2=C)c(O)c2cc(O)c(O)/c(=C\Cc3ccc(C)cc3)c2c1O.